The molecule has 0 aromatic rings. The number of hydrogen-bond donors (Lipinski definition) is 0. The van der Waals surface area contributed by atoms with Crippen molar-refractivity contribution in [1.29, 1.82) is 0 Å². The molecule has 0 bridgehead atoms. The summed E-state index contributed by atoms with van der Waals surface area (Å²) < 4.78 is 0. The smallest absolute Gasteiger partial charge is 0.0674 e. The molecule has 1 saturated carbocycles. The summed E-state index contributed by atoms with van der Waals surface area (Å²) in [5.41, 5.74) is 4.00. The second-order valence-corrected chi connectivity index (χ2v) is 5.34. The van der Waals surface area contributed by atoms with Crippen molar-refractivity contribution in [3.05, 3.63) is 35.5 Å². The number of hydrogen-bond acceptors (Lipinski definition) is 1. The molecule has 0 N–H and O–H groups in total. The highest BCUT2D eigenvalue weighted by Gasteiger charge is 2.22. The predicted molar refractivity (Wildman–Crippen MR) is 80.1 cm³/mol. The first-order valence-corrected chi connectivity index (χ1v) is 7.39. The zero-order chi connectivity index (χ0) is 12.8. The molecular weight excluding hydrogens is 218 g/mol. The van der Waals surface area contributed by atoms with E-state index in [1.165, 1.54) is 61.8 Å². The van der Waals surface area contributed by atoms with Crippen molar-refractivity contribution in [2.45, 2.75) is 51.9 Å². The normalized spacial score (nSPS) is 27.1. The molecular formula is C17H25N. The van der Waals surface area contributed by atoms with Crippen LogP contribution in [-0.4, -0.2) is 12.8 Å². The van der Waals surface area contributed by atoms with Gasteiger partial charge in [0, 0.05) is 7.05 Å². The van der Waals surface area contributed by atoms with Gasteiger partial charge in [-0.05, 0) is 36.8 Å². The fourth-order valence-corrected chi connectivity index (χ4v) is 3.17. The van der Waals surface area contributed by atoms with Gasteiger partial charge in [-0.25, -0.2) is 0 Å². The first-order chi connectivity index (χ1) is 8.86. The topological polar surface area (TPSA) is 12.4 Å². The van der Waals surface area contributed by atoms with Gasteiger partial charge < -0.3 is 0 Å². The fourth-order valence-electron chi connectivity index (χ4n) is 3.17. The standard InChI is InChI=1S/C17H25N/c1-3-14-12-9-13-16(17(14)18-2)15-10-7-5-4-6-8-11-15/h3,9,12-13,15H,4-8,10-11H2,1-2H3/b14-3-,18-17+. The first kappa shape index (κ1) is 13.3. The van der Waals surface area contributed by atoms with Crippen LogP contribution in [0.2, 0.25) is 0 Å². The number of allylic oxidation sites excluding steroid dienone is 6. The quantitative estimate of drug-likeness (QED) is 0.623. The molecule has 0 aromatic heterocycles. The maximum Gasteiger partial charge on any atom is 0.0674 e. The highest BCUT2D eigenvalue weighted by Crippen LogP contribution is 2.32. The van der Waals surface area contributed by atoms with Crippen molar-refractivity contribution in [3.8, 4) is 0 Å². The van der Waals surface area contributed by atoms with Gasteiger partial charge in [0.05, 0.1) is 5.71 Å². The Morgan fingerprint density at radius 1 is 1.11 bits per heavy atom. The molecule has 0 atom stereocenters. The molecule has 1 nitrogen and oxygen atoms in total. The van der Waals surface area contributed by atoms with E-state index in [1.807, 2.05) is 7.05 Å². The molecule has 0 aromatic carbocycles. The van der Waals surface area contributed by atoms with E-state index in [-0.39, 0.29) is 0 Å². The number of aliphatic imine (C=N–C) groups is 1. The van der Waals surface area contributed by atoms with Gasteiger partial charge in [0.2, 0.25) is 0 Å². The number of nitrogens with zero attached hydrogens (tertiary/aromatic N) is 1. The largest absolute Gasteiger partial charge is 0.288 e. The molecule has 18 heavy (non-hydrogen) atoms. The summed E-state index contributed by atoms with van der Waals surface area (Å²) in [4.78, 5) is 4.54. The Morgan fingerprint density at radius 3 is 2.39 bits per heavy atom. The highest BCUT2D eigenvalue weighted by molar-refractivity contribution is 6.15. The highest BCUT2D eigenvalue weighted by atomic mass is 14.7. The van der Waals surface area contributed by atoms with E-state index in [2.05, 4.69) is 36.2 Å². The number of rotatable bonds is 1. The van der Waals surface area contributed by atoms with Crippen LogP contribution in [0.1, 0.15) is 51.9 Å². The molecule has 1 fully saturated rings. The van der Waals surface area contributed by atoms with Crippen LogP contribution in [0.15, 0.2) is 40.4 Å². The average Bonchev–Trinajstić information content (AvgIpc) is 2.37. The molecule has 1 heteroatoms. The Kier molecular flexibility index (Phi) is 4.98. The minimum atomic E-state index is 0.726. The van der Waals surface area contributed by atoms with Crippen LogP contribution < -0.4 is 0 Å². The van der Waals surface area contributed by atoms with E-state index in [1.54, 1.807) is 0 Å². The van der Waals surface area contributed by atoms with Gasteiger partial charge in [0.25, 0.3) is 0 Å². The summed E-state index contributed by atoms with van der Waals surface area (Å²) in [6.07, 6.45) is 18.5. The van der Waals surface area contributed by atoms with Crippen LogP contribution in [0.4, 0.5) is 0 Å². The van der Waals surface area contributed by atoms with Crippen molar-refractivity contribution >= 4 is 5.71 Å². The van der Waals surface area contributed by atoms with E-state index in [9.17, 15) is 0 Å². The van der Waals surface area contributed by atoms with Gasteiger partial charge in [-0.2, -0.15) is 0 Å². The molecule has 2 aliphatic rings. The lowest BCUT2D eigenvalue weighted by molar-refractivity contribution is 0.427. The van der Waals surface area contributed by atoms with Crippen LogP contribution in [0, 0.1) is 5.92 Å². The SMILES string of the molecule is C/C=C1/C=CC=C(C2CCCCCCC2)/C1=N/C. The monoisotopic (exact) mass is 243 g/mol. The Balaban J connectivity index is 2.19. The van der Waals surface area contributed by atoms with Gasteiger partial charge in [-0.15, -0.1) is 0 Å². The van der Waals surface area contributed by atoms with Crippen molar-refractivity contribution < 1.29 is 0 Å². The molecule has 0 spiro atoms. The zero-order valence-corrected chi connectivity index (χ0v) is 11.8. The Morgan fingerprint density at radius 2 is 1.78 bits per heavy atom. The lowest BCUT2D eigenvalue weighted by Gasteiger charge is -2.25. The molecule has 0 unspecified atom stereocenters. The molecule has 2 aliphatic carbocycles. The Hall–Kier alpha value is -1.11. The van der Waals surface area contributed by atoms with Gasteiger partial charge in [-0.3, -0.25) is 4.99 Å². The Bertz CT molecular complexity index is 388. The second kappa shape index (κ2) is 6.72. The fraction of sp³-hybridized carbons (Fsp3) is 0.588. The lowest BCUT2D eigenvalue weighted by atomic mass is 9.80. The molecule has 0 heterocycles. The third-order valence-electron chi connectivity index (χ3n) is 4.18. The summed E-state index contributed by atoms with van der Waals surface area (Å²) in [6.45, 7) is 2.10. The zero-order valence-electron chi connectivity index (χ0n) is 11.8. The molecule has 2 rings (SSSR count). The molecule has 0 amide bonds. The van der Waals surface area contributed by atoms with E-state index >= 15 is 0 Å². The maximum absolute atomic E-state index is 4.54. The van der Waals surface area contributed by atoms with Crippen LogP contribution in [-0.2, 0) is 0 Å². The minimum absolute atomic E-state index is 0.726. The van der Waals surface area contributed by atoms with Gasteiger partial charge in [0.1, 0.15) is 0 Å². The van der Waals surface area contributed by atoms with E-state index in [4.69, 9.17) is 0 Å². The molecule has 98 valence electrons. The Labute approximate surface area is 111 Å². The van der Waals surface area contributed by atoms with Crippen LogP contribution in [0.25, 0.3) is 0 Å². The lowest BCUT2D eigenvalue weighted by Crippen LogP contribution is -2.18. The van der Waals surface area contributed by atoms with Gasteiger partial charge in [-0.1, -0.05) is 56.4 Å². The van der Waals surface area contributed by atoms with Crippen LogP contribution >= 0.6 is 0 Å². The van der Waals surface area contributed by atoms with Crippen molar-refractivity contribution in [1.82, 2.24) is 0 Å². The van der Waals surface area contributed by atoms with E-state index in [0.717, 1.165) is 5.92 Å². The third-order valence-corrected chi connectivity index (χ3v) is 4.18. The molecule has 0 radical (unpaired) electrons. The van der Waals surface area contributed by atoms with Crippen molar-refractivity contribution in [3.63, 3.8) is 0 Å². The third kappa shape index (κ3) is 3.01. The minimum Gasteiger partial charge on any atom is -0.288 e. The summed E-state index contributed by atoms with van der Waals surface area (Å²) in [5, 5.41) is 0. The second-order valence-electron chi connectivity index (χ2n) is 5.34. The van der Waals surface area contributed by atoms with Gasteiger partial charge in [0.15, 0.2) is 0 Å². The average molecular weight is 243 g/mol. The van der Waals surface area contributed by atoms with Crippen molar-refractivity contribution in [2.24, 2.45) is 10.9 Å². The van der Waals surface area contributed by atoms with Crippen LogP contribution in [0.3, 0.4) is 0 Å². The molecule has 0 saturated heterocycles. The van der Waals surface area contributed by atoms with Gasteiger partial charge >= 0.3 is 0 Å². The maximum atomic E-state index is 4.54. The summed E-state index contributed by atoms with van der Waals surface area (Å²) in [7, 11) is 1.93. The van der Waals surface area contributed by atoms with E-state index < -0.39 is 0 Å². The predicted octanol–water partition coefficient (Wildman–Crippen LogP) is 4.86. The summed E-state index contributed by atoms with van der Waals surface area (Å²) in [5.74, 6) is 0.726. The van der Waals surface area contributed by atoms with Crippen LogP contribution in [0.5, 0.6) is 0 Å². The van der Waals surface area contributed by atoms with E-state index in [0.29, 0.717) is 0 Å². The summed E-state index contributed by atoms with van der Waals surface area (Å²) >= 11 is 0. The first-order valence-electron chi connectivity index (χ1n) is 7.39. The molecule has 0 aliphatic heterocycles. The summed E-state index contributed by atoms with van der Waals surface area (Å²) in [6, 6.07) is 0. The van der Waals surface area contributed by atoms with Crippen molar-refractivity contribution in [2.75, 3.05) is 7.05 Å².